The predicted octanol–water partition coefficient (Wildman–Crippen LogP) is 3.05. The molecule has 1 aromatic rings. The van der Waals surface area contributed by atoms with Crippen molar-refractivity contribution in [2.75, 3.05) is 26.2 Å². The third-order valence-electron chi connectivity index (χ3n) is 4.89. The van der Waals surface area contributed by atoms with E-state index in [-0.39, 0.29) is 0 Å². The molecule has 1 aromatic carbocycles. The first-order valence-corrected chi connectivity index (χ1v) is 7.77. The summed E-state index contributed by atoms with van der Waals surface area (Å²) in [4.78, 5) is 2.72. The fraction of sp³-hybridized carbons (Fsp3) is 0.647. The molecule has 2 nitrogen and oxygen atoms in total. The molecule has 104 valence electrons. The number of hydrogen-bond donors (Lipinski definition) is 1. The molecule has 0 amide bonds. The second-order valence-corrected chi connectivity index (χ2v) is 6.28. The summed E-state index contributed by atoms with van der Waals surface area (Å²) >= 11 is 0. The molecule has 1 heterocycles. The van der Waals surface area contributed by atoms with Crippen LogP contribution in [0, 0.1) is 19.8 Å². The maximum absolute atomic E-state index is 3.48. The van der Waals surface area contributed by atoms with Crippen LogP contribution in [0.25, 0.3) is 0 Å². The Labute approximate surface area is 117 Å². The summed E-state index contributed by atoms with van der Waals surface area (Å²) in [5.74, 6) is 0.888. The Balaban J connectivity index is 1.88. The van der Waals surface area contributed by atoms with Crippen LogP contribution in [0.3, 0.4) is 0 Å². The van der Waals surface area contributed by atoms with E-state index < -0.39 is 0 Å². The molecule has 3 rings (SSSR count). The van der Waals surface area contributed by atoms with Crippen LogP contribution >= 0.6 is 0 Å². The molecule has 1 saturated carbocycles. The maximum Gasteiger partial charge on any atom is 0.0379 e. The SMILES string of the molecule is Cc1ccc([C@@H](C2CCC2)N2CCNCC2)c(C)c1. The van der Waals surface area contributed by atoms with Gasteiger partial charge in [0.15, 0.2) is 0 Å². The molecule has 2 fully saturated rings. The van der Waals surface area contributed by atoms with Crippen molar-refractivity contribution in [3.8, 4) is 0 Å². The Morgan fingerprint density at radius 1 is 1.16 bits per heavy atom. The molecular formula is C17H26N2. The minimum Gasteiger partial charge on any atom is -0.314 e. The number of hydrogen-bond acceptors (Lipinski definition) is 2. The maximum atomic E-state index is 3.48. The van der Waals surface area contributed by atoms with Gasteiger partial charge in [-0.2, -0.15) is 0 Å². The molecule has 1 saturated heterocycles. The molecule has 0 spiro atoms. The van der Waals surface area contributed by atoms with E-state index in [1.54, 1.807) is 5.56 Å². The van der Waals surface area contributed by atoms with Gasteiger partial charge in [0.05, 0.1) is 0 Å². The zero-order valence-electron chi connectivity index (χ0n) is 12.3. The Bertz CT molecular complexity index is 431. The molecule has 0 aromatic heterocycles. The quantitative estimate of drug-likeness (QED) is 0.896. The van der Waals surface area contributed by atoms with Gasteiger partial charge in [-0.1, -0.05) is 30.2 Å². The third kappa shape index (κ3) is 2.70. The summed E-state index contributed by atoms with van der Waals surface area (Å²) in [6.45, 7) is 9.18. The smallest absolute Gasteiger partial charge is 0.0379 e. The fourth-order valence-electron chi connectivity index (χ4n) is 3.62. The Kier molecular flexibility index (Phi) is 3.90. The standard InChI is InChI=1S/C17H26N2/c1-13-6-7-16(14(2)12-13)17(15-4-3-5-15)19-10-8-18-9-11-19/h6-7,12,15,17-18H,3-5,8-11H2,1-2H3/t17-/m1/s1. The molecule has 0 bridgehead atoms. The highest BCUT2D eigenvalue weighted by atomic mass is 15.2. The first kappa shape index (κ1) is 13.1. The molecule has 1 aliphatic heterocycles. The summed E-state index contributed by atoms with van der Waals surface area (Å²) in [6, 6.07) is 7.69. The van der Waals surface area contributed by atoms with Gasteiger partial charge in [-0.15, -0.1) is 0 Å². The van der Waals surface area contributed by atoms with Crippen molar-refractivity contribution in [1.29, 1.82) is 0 Å². The first-order valence-electron chi connectivity index (χ1n) is 7.77. The Hall–Kier alpha value is -0.860. The first-order chi connectivity index (χ1) is 9.25. The molecule has 1 N–H and O–H groups in total. The minimum absolute atomic E-state index is 0.663. The lowest BCUT2D eigenvalue weighted by Crippen LogP contribution is -2.48. The van der Waals surface area contributed by atoms with Gasteiger partial charge in [0.1, 0.15) is 0 Å². The van der Waals surface area contributed by atoms with Crippen molar-refractivity contribution in [1.82, 2.24) is 10.2 Å². The lowest BCUT2D eigenvalue weighted by Gasteiger charge is -2.44. The molecule has 19 heavy (non-hydrogen) atoms. The lowest BCUT2D eigenvalue weighted by atomic mass is 9.75. The van der Waals surface area contributed by atoms with Crippen molar-refractivity contribution < 1.29 is 0 Å². The third-order valence-corrected chi connectivity index (χ3v) is 4.89. The zero-order valence-corrected chi connectivity index (χ0v) is 12.3. The molecular weight excluding hydrogens is 232 g/mol. The van der Waals surface area contributed by atoms with Crippen LogP contribution in [0.1, 0.15) is 42.0 Å². The van der Waals surface area contributed by atoms with Crippen molar-refractivity contribution in [2.24, 2.45) is 5.92 Å². The zero-order chi connectivity index (χ0) is 13.2. The van der Waals surface area contributed by atoms with E-state index in [1.165, 1.54) is 43.5 Å². The van der Waals surface area contributed by atoms with Crippen molar-refractivity contribution >= 4 is 0 Å². The van der Waals surface area contributed by atoms with Crippen LogP contribution in [-0.4, -0.2) is 31.1 Å². The van der Waals surface area contributed by atoms with Gasteiger partial charge in [0.2, 0.25) is 0 Å². The van der Waals surface area contributed by atoms with E-state index in [4.69, 9.17) is 0 Å². The molecule has 1 atom stereocenters. The van der Waals surface area contributed by atoms with Gasteiger partial charge in [0.25, 0.3) is 0 Å². The van der Waals surface area contributed by atoms with E-state index in [9.17, 15) is 0 Å². The second kappa shape index (κ2) is 5.64. The average molecular weight is 258 g/mol. The van der Waals surface area contributed by atoms with Gasteiger partial charge in [-0.3, -0.25) is 4.90 Å². The summed E-state index contributed by atoms with van der Waals surface area (Å²) in [5.41, 5.74) is 4.45. The fourth-order valence-corrected chi connectivity index (χ4v) is 3.62. The number of nitrogens with one attached hydrogen (secondary N) is 1. The van der Waals surface area contributed by atoms with Crippen molar-refractivity contribution in [2.45, 2.75) is 39.2 Å². The second-order valence-electron chi connectivity index (χ2n) is 6.28. The predicted molar refractivity (Wildman–Crippen MR) is 80.4 cm³/mol. The number of piperazine rings is 1. The topological polar surface area (TPSA) is 15.3 Å². The van der Waals surface area contributed by atoms with E-state index in [0.717, 1.165) is 19.0 Å². The van der Waals surface area contributed by atoms with Crippen LogP contribution in [-0.2, 0) is 0 Å². The number of benzene rings is 1. The van der Waals surface area contributed by atoms with E-state index in [1.807, 2.05) is 0 Å². The van der Waals surface area contributed by atoms with Crippen LogP contribution in [0.5, 0.6) is 0 Å². The van der Waals surface area contributed by atoms with Gasteiger partial charge >= 0.3 is 0 Å². The van der Waals surface area contributed by atoms with Gasteiger partial charge in [0, 0.05) is 32.2 Å². The van der Waals surface area contributed by atoms with E-state index >= 15 is 0 Å². The van der Waals surface area contributed by atoms with Crippen molar-refractivity contribution in [3.05, 3.63) is 34.9 Å². The molecule has 2 aliphatic rings. The van der Waals surface area contributed by atoms with Crippen LogP contribution in [0.15, 0.2) is 18.2 Å². The highest BCUT2D eigenvalue weighted by Crippen LogP contribution is 2.42. The van der Waals surface area contributed by atoms with Crippen molar-refractivity contribution in [3.63, 3.8) is 0 Å². The summed E-state index contributed by atoms with van der Waals surface area (Å²) in [6.07, 6.45) is 4.27. The van der Waals surface area contributed by atoms with Crippen LogP contribution in [0.2, 0.25) is 0 Å². The number of rotatable bonds is 3. The average Bonchev–Trinajstić information content (AvgIpc) is 2.35. The number of aryl methyl sites for hydroxylation is 2. The molecule has 2 heteroatoms. The molecule has 0 radical (unpaired) electrons. The van der Waals surface area contributed by atoms with E-state index in [0.29, 0.717) is 6.04 Å². The summed E-state index contributed by atoms with van der Waals surface area (Å²) in [5, 5.41) is 3.48. The normalized spacial score (nSPS) is 23.1. The summed E-state index contributed by atoms with van der Waals surface area (Å²) in [7, 11) is 0. The Morgan fingerprint density at radius 3 is 2.47 bits per heavy atom. The van der Waals surface area contributed by atoms with Gasteiger partial charge in [-0.25, -0.2) is 0 Å². The number of nitrogens with zero attached hydrogens (tertiary/aromatic N) is 1. The van der Waals surface area contributed by atoms with Gasteiger partial charge in [-0.05, 0) is 43.7 Å². The highest BCUT2D eigenvalue weighted by molar-refractivity contribution is 5.33. The minimum atomic E-state index is 0.663. The van der Waals surface area contributed by atoms with E-state index in [2.05, 4.69) is 42.3 Å². The van der Waals surface area contributed by atoms with Gasteiger partial charge < -0.3 is 5.32 Å². The molecule has 1 aliphatic carbocycles. The molecule has 0 unspecified atom stereocenters. The monoisotopic (exact) mass is 258 g/mol. The van der Waals surface area contributed by atoms with Crippen LogP contribution in [0.4, 0.5) is 0 Å². The lowest BCUT2D eigenvalue weighted by molar-refractivity contribution is 0.0833. The Morgan fingerprint density at radius 2 is 1.89 bits per heavy atom. The summed E-state index contributed by atoms with van der Waals surface area (Å²) < 4.78 is 0. The highest BCUT2D eigenvalue weighted by Gasteiger charge is 2.34. The van der Waals surface area contributed by atoms with Crippen LogP contribution < -0.4 is 5.32 Å². The largest absolute Gasteiger partial charge is 0.314 e.